The summed E-state index contributed by atoms with van der Waals surface area (Å²) in [5, 5.41) is 8.68. The van der Waals surface area contributed by atoms with Crippen molar-refractivity contribution < 1.29 is 19.4 Å². The summed E-state index contributed by atoms with van der Waals surface area (Å²) in [7, 11) is 0. The Balaban J connectivity index is 2.18. The van der Waals surface area contributed by atoms with Gasteiger partial charge in [0.15, 0.2) is 0 Å². The second-order valence-electron chi connectivity index (χ2n) is 4.04. The Labute approximate surface area is 114 Å². The molecule has 0 unspecified atom stereocenters. The maximum atomic E-state index is 11.2. The number of aromatic nitrogens is 1. The minimum Gasteiger partial charge on any atom is -0.481 e. The fourth-order valence-electron chi connectivity index (χ4n) is 1.62. The zero-order chi connectivity index (χ0) is 14.5. The zero-order valence-corrected chi connectivity index (χ0v) is 10.4. The molecule has 0 aliphatic heterocycles. The number of nitrogens with two attached hydrogens (primary N) is 1. The smallest absolute Gasteiger partial charge is 0.307 e. The number of pyridine rings is 1. The summed E-state index contributed by atoms with van der Waals surface area (Å²) in [4.78, 5) is 25.7. The maximum absolute atomic E-state index is 11.2. The summed E-state index contributed by atoms with van der Waals surface area (Å²) >= 11 is 0. The molecule has 1 aromatic heterocycles. The fourth-order valence-corrected chi connectivity index (χ4v) is 1.62. The quantitative estimate of drug-likeness (QED) is 0.860. The molecule has 0 atom stereocenters. The predicted molar refractivity (Wildman–Crippen MR) is 70.6 cm³/mol. The second kappa shape index (κ2) is 5.83. The Bertz CT molecular complexity index is 638. The minimum absolute atomic E-state index is 0.0591. The Kier molecular flexibility index (Phi) is 3.95. The number of carboxylic acids is 1. The van der Waals surface area contributed by atoms with Crippen molar-refractivity contribution in [2.24, 2.45) is 5.73 Å². The van der Waals surface area contributed by atoms with E-state index in [0.717, 1.165) is 0 Å². The van der Waals surface area contributed by atoms with Gasteiger partial charge in [-0.15, -0.1) is 0 Å². The third kappa shape index (κ3) is 3.32. The van der Waals surface area contributed by atoms with Crippen LogP contribution in [0.5, 0.6) is 11.6 Å². The Morgan fingerprint density at radius 1 is 1.20 bits per heavy atom. The van der Waals surface area contributed by atoms with E-state index in [1.165, 1.54) is 12.3 Å². The molecular formula is C14H12N2O4. The molecule has 0 saturated heterocycles. The molecule has 102 valence electrons. The first-order valence-electron chi connectivity index (χ1n) is 5.79. The molecule has 6 heteroatoms. The largest absolute Gasteiger partial charge is 0.481 e. The summed E-state index contributed by atoms with van der Waals surface area (Å²) in [6, 6.07) is 9.59. The molecule has 0 fully saturated rings. The van der Waals surface area contributed by atoms with E-state index in [4.69, 9.17) is 15.6 Å². The number of primary amides is 1. The van der Waals surface area contributed by atoms with Crippen LogP contribution in [0.1, 0.15) is 15.9 Å². The Morgan fingerprint density at radius 2 is 1.90 bits per heavy atom. The van der Waals surface area contributed by atoms with Crippen LogP contribution in [0.3, 0.4) is 0 Å². The van der Waals surface area contributed by atoms with Crippen molar-refractivity contribution >= 4 is 11.9 Å². The van der Waals surface area contributed by atoms with Crippen LogP contribution >= 0.6 is 0 Å². The number of nitrogens with zero attached hydrogens (tertiary/aromatic N) is 1. The van der Waals surface area contributed by atoms with Crippen molar-refractivity contribution in [3.05, 3.63) is 53.7 Å². The molecule has 0 aliphatic carbocycles. The fraction of sp³-hybridized carbons (Fsp3) is 0.0714. The van der Waals surface area contributed by atoms with Gasteiger partial charge < -0.3 is 15.6 Å². The number of hydrogen-bond acceptors (Lipinski definition) is 4. The number of ether oxygens (including phenoxy) is 1. The van der Waals surface area contributed by atoms with Crippen molar-refractivity contribution in [3.8, 4) is 11.6 Å². The first kappa shape index (κ1) is 13.5. The maximum Gasteiger partial charge on any atom is 0.307 e. The highest BCUT2D eigenvalue weighted by Crippen LogP contribution is 2.23. The lowest BCUT2D eigenvalue weighted by Gasteiger charge is -2.08. The SMILES string of the molecule is NC(=O)c1cccnc1Oc1ccc(CC(=O)O)cc1. The molecule has 3 N–H and O–H groups in total. The van der Waals surface area contributed by atoms with Crippen molar-refractivity contribution in [1.82, 2.24) is 4.98 Å². The Morgan fingerprint density at radius 3 is 2.50 bits per heavy atom. The van der Waals surface area contributed by atoms with Gasteiger partial charge in [-0.2, -0.15) is 0 Å². The third-order valence-electron chi connectivity index (χ3n) is 2.53. The van der Waals surface area contributed by atoms with Gasteiger partial charge in [-0.1, -0.05) is 12.1 Å². The van der Waals surface area contributed by atoms with Crippen LogP contribution in [0.15, 0.2) is 42.6 Å². The van der Waals surface area contributed by atoms with Gasteiger partial charge in [-0.25, -0.2) is 4.98 Å². The van der Waals surface area contributed by atoms with Crippen LogP contribution in [-0.4, -0.2) is 22.0 Å². The molecule has 0 bridgehead atoms. The van der Waals surface area contributed by atoms with Crippen LogP contribution in [0.2, 0.25) is 0 Å². The van der Waals surface area contributed by atoms with Crippen molar-refractivity contribution in [2.75, 3.05) is 0 Å². The van der Waals surface area contributed by atoms with E-state index in [-0.39, 0.29) is 17.9 Å². The van der Waals surface area contributed by atoms with E-state index < -0.39 is 11.9 Å². The summed E-state index contributed by atoms with van der Waals surface area (Å²) in [5.74, 6) is -0.971. The first-order chi connectivity index (χ1) is 9.56. The number of hydrogen-bond donors (Lipinski definition) is 2. The molecule has 20 heavy (non-hydrogen) atoms. The lowest BCUT2D eigenvalue weighted by molar-refractivity contribution is -0.136. The topological polar surface area (TPSA) is 103 Å². The number of amides is 1. The molecule has 2 aromatic rings. The van der Waals surface area contributed by atoms with Gasteiger partial charge in [0.1, 0.15) is 11.3 Å². The number of aliphatic carboxylic acids is 1. The van der Waals surface area contributed by atoms with Crippen molar-refractivity contribution in [1.29, 1.82) is 0 Å². The van der Waals surface area contributed by atoms with Gasteiger partial charge >= 0.3 is 5.97 Å². The van der Waals surface area contributed by atoms with Crippen LogP contribution in [0, 0.1) is 0 Å². The highest BCUT2D eigenvalue weighted by atomic mass is 16.5. The molecular weight excluding hydrogens is 260 g/mol. The molecule has 0 spiro atoms. The zero-order valence-electron chi connectivity index (χ0n) is 10.4. The van der Waals surface area contributed by atoms with Gasteiger partial charge in [-0.3, -0.25) is 9.59 Å². The summed E-state index contributed by atoms with van der Waals surface area (Å²) in [6.07, 6.45) is 1.43. The van der Waals surface area contributed by atoms with Crippen molar-refractivity contribution in [3.63, 3.8) is 0 Å². The van der Waals surface area contributed by atoms with E-state index in [0.29, 0.717) is 11.3 Å². The highest BCUT2D eigenvalue weighted by molar-refractivity contribution is 5.95. The van der Waals surface area contributed by atoms with Crippen LogP contribution in [0.4, 0.5) is 0 Å². The monoisotopic (exact) mass is 272 g/mol. The summed E-state index contributed by atoms with van der Waals surface area (Å²) in [6.45, 7) is 0. The van der Waals surface area contributed by atoms with Gasteiger partial charge in [0.25, 0.3) is 5.91 Å². The molecule has 6 nitrogen and oxygen atoms in total. The molecule has 0 aliphatic rings. The first-order valence-corrected chi connectivity index (χ1v) is 5.79. The van der Waals surface area contributed by atoms with Crippen LogP contribution in [-0.2, 0) is 11.2 Å². The minimum atomic E-state index is -0.903. The second-order valence-corrected chi connectivity index (χ2v) is 4.04. The van der Waals surface area contributed by atoms with Gasteiger partial charge in [-0.05, 0) is 29.8 Å². The van der Waals surface area contributed by atoms with Crippen molar-refractivity contribution in [2.45, 2.75) is 6.42 Å². The van der Waals surface area contributed by atoms with E-state index in [1.807, 2.05) is 0 Å². The van der Waals surface area contributed by atoms with Gasteiger partial charge in [0.05, 0.1) is 6.42 Å². The number of carbonyl (C=O) groups is 2. The molecule has 0 radical (unpaired) electrons. The van der Waals surface area contributed by atoms with E-state index in [2.05, 4.69) is 4.98 Å². The standard InChI is InChI=1S/C14H12N2O4/c15-13(19)11-2-1-7-16-14(11)20-10-5-3-9(4-6-10)8-12(17)18/h1-7H,8H2,(H2,15,19)(H,17,18). The molecule has 1 aromatic carbocycles. The average molecular weight is 272 g/mol. The summed E-state index contributed by atoms with van der Waals surface area (Å²) < 4.78 is 5.47. The number of benzene rings is 1. The number of carbonyl (C=O) groups excluding carboxylic acids is 1. The average Bonchev–Trinajstić information content (AvgIpc) is 2.41. The van der Waals surface area contributed by atoms with E-state index in [9.17, 15) is 9.59 Å². The lowest BCUT2D eigenvalue weighted by atomic mass is 10.1. The van der Waals surface area contributed by atoms with Crippen LogP contribution < -0.4 is 10.5 Å². The third-order valence-corrected chi connectivity index (χ3v) is 2.53. The number of carboxylic acid groups (broad SMARTS) is 1. The molecule has 1 amide bonds. The van der Waals surface area contributed by atoms with E-state index >= 15 is 0 Å². The van der Waals surface area contributed by atoms with E-state index in [1.54, 1.807) is 30.3 Å². The predicted octanol–water partition coefficient (Wildman–Crippen LogP) is 1.60. The normalized spacial score (nSPS) is 10.0. The van der Waals surface area contributed by atoms with Crippen LogP contribution in [0.25, 0.3) is 0 Å². The highest BCUT2D eigenvalue weighted by Gasteiger charge is 2.11. The van der Waals surface area contributed by atoms with Gasteiger partial charge in [0.2, 0.25) is 5.88 Å². The molecule has 0 saturated carbocycles. The van der Waals surface area contributed by atoms with Gasteiger partial charge in [0, 0.05) is 6.20 Å². The molecule has 1 heterocycles. The lowest BCUT2D eigenvalue weighted by Crippen LogP contribution is -2.12. The molecule has 2 rings (SSSR count). The number of rotatable bonds is 5. The Hall–Kier alpha value is -2.89. The summed E-state index contributed by atoms with van der Waals surface area (Å²) in [5.41, 5.74) is 6.06.